The van der Waals surface area contributed by atoms with Crippen LogP contribution in [0.4, 0.5) is 0 Å². The number of aromatic nitrogens is 2. The summed E-state index contributed by atoms with van der Waals surface area (Å²) in [6.07, 6.45) is -0.377. The largest absolute Gasteiger partial charge is 0.369 e. The zero-order valence-corrected chi connectivity index (χ0v) is 11.8. The van der Waals surface area contributed by atoms with Crippen molar-refractivity contribution in [1.29, 1.82) is 0 Å². The third kappa shape index (κ3) is 2.48. The summed E-state index contributed by atoms with van der Waals surface area (Å²) in [5.74, 6) is 1.97. The molecule has 0 bridgehead atoms. The first-order valence-electron chi connectivity index (χ1n) is 6.31. The van der Waals surface area contributed by atoms with Crippen LogP contribution in [0.25, 0.3) is 0 Å². The van der Waals surface area contributed by atoms with Crippen molar-refractivity contribution in [3.63, 3.8) is 0 Å². The number of carbonyl (C=O) groups is 1. The van der Waals surface area contributed by atoms with Gasteiger partial charge in [-0.3, -0.25) is 4.79 Å². The zero-order valence-electron chi connectivity index (χ0n) is 11.0. The lowest BCUT2D eigenvalue weighted by Crippen LogP contribution is -2.10. The van der Waals surface area contributed by atoms with Crippen molar-refractivity contribution in [3.05, 3.63) is 47.6 Å². The predicted octanol–water partition coefficient (Wildman–Crippen LogP) is 2.20. The quantitative estimate of drug-likeness (QED) is 0.860. The number of nitrogens with zero attached hydrogens (tertiary/aromatic N) is 2. The molecule has 1 aromatic carbocycles. The Morgan fingerprint density at radius 2 is 2.20 bits per heavy atom. The Labute approximate surface area is 120 Å². The molecule has 0 radical (unpaired) electrons. The number of Topliss-reactive ketones (excluding diaryl/α,β-unsaturated/α-hetero) is 1. The number of thioether (sulfide) groups is 1. The Balaban J connectivity index is 1.87. The summed E-state index contributed by atoms with van der Waals surface area (Å²) in [7, 11) is 1.60. The molecule has 1 fully saturated rings. The van der Waals surface area contributed by atoms with Crippen molar-refractivity contribution in [1.82, 2.24) is 10.1 Å². The highest BCUT2D eigenvalue weighted by Gasteiger charge is 2.32. The van der Waals surface area contributed by atoms with Crippen LogP contribution < -0.4 is 0 Å². The summed E-state index contributed by atoms with van der Waals surface area (Å²) in [5, 5.41) is 3.97. The van der Waals surface area contributed by atoms with Gasteiger partial charge >= 0.3 is 0 Å². The minimum Gasteiger partial charge on any atom is -0.369 e. The summed E-state index contributed by atoms with van der Waals surface area (Å²) < 4.78 is 10.7. The van der Waals surface area contributed by atoms with E-state index in [1.54, 1.807) is 18.9 Å². The van der Waals surface area contributed by atoms with Crippen LogP contribution in [0, 0.1) is 0 Å². The van der Waals surface area contributed by atoms with Gasteiger partial charge < -0.3 is 9.26 Å². The van der Waals surface area contributed by atoms with Gasteiger partial charge in [-0.15, -0.1) is 0 Å². The first kappa shape index (κ1) is 13.3. The van der Waals surface area contributed by atoms with Crippen molar-refractivity contribution in [2.24, 2.45) is 0 Å². The number of benzene rings is 1. The van der Waals surface area contributed by atoms with E-state index >= 15 is 0 Å². The maximum atomic E-state index is 11.7. The smallest absolute Gasteiger partial charge is 0.238 e. The minimum atomic E-state index is -0.377. The molecule has 1 aliphatic heterocycles. The Bertz CT molecular complexity index is 599. The lowest BCUT2D eigenvalue weighted by atomic mass is 10.1. The first-order valence-corrected chi connectivity index (χ1v) is 7.46. The normalized spacial score (nSPS) is 20.2. The van der Waals surface area contributed by atoms with Crippen molar-refractivity contribution in [2.45, 2.75) is 12.0 Å². The van der Waals surface area contributed by atoms with Gasteiger partial charge in [0.05, 0.1) is 5.75 Å². The molecule has 2 heterocycles. The zero-order chi connectivity index (χ0) is 13.9. The first-order chi connectivity index (χ1) is 9.79. The van der Waals surface area contributed by atoms with E-state index in [4.69, 9.17) is 9.26 Å². The number of ether oxygens (including phenoxy) is 1. The third-order valence-electron chi connectivity index (χ3n) is 3.25. The Morgan fingerprint density at radius 3 is 2.85 bits per heavy atom. The van der Waals surface area contributed by atoms with Crippen LogP contribution in [0.3, 0.4) is 0 Å². The van der Waals surface area contributed by atoms with Crippen molar-refractivity contribution in [3.8, 4) is 0 Å². The second-order valence-corrected chi connectivity index (χ2v) is 5.58. The Morgan fingerprint density at radius 1 is 1.40 bits per heavy atom. The molecule has 0 spiro atoms. The fraction of sp³-hybridized carbons (Fsp3) is 0.357. The second kappa shape index (κ2) is 5.76. The van der Waals surface area contributed by atoms with Crippen LogP contribution in [0.2, 0.25) is 0 Å². The molecule has 0 aliphatic carbocycles. The van der Waals surface area contributed by atoms with E-state index in [9.17, 15) is 4.79 Å². The average Bonchev–Trinajstić information content (AvgIpc) is 3.10. The Hall–Kier alpha value is -1.66. The number of hydrogen-bond acceptors (Lipinski definition) is 6. The molecule has 3 rings (SSSR count). The molecule has 0 N–H and O–H groups in total. The molecule has 2 aromatic rings. The van der Waals surface area contributed by atoms with E-state index in [-0.39, 0.29) is 17.8 Å². The van der Waals surface area contributed by atoms with Crippen LogP contribution >= 0.6 is 11.8 Å². The molecule has 20 heavy (non-hydrogen) atoms. The molecule has 0 amide bonds. The topological polar surface area (TPSA) is 65.2 Å². The lowest BCUT2D eigenvalue weighted by Gasteiger charge is -2.10. The third-order valence-corrected chi connectivity index (χ3v) is 4.30. The highest BCUT2D eigenvalue weighted by Crippen LogP contribution is 2.30. The minimum absolute atomic E-state index is 0.152. The molecule has 2 unspecified atom stereocenters. The van der Waals surface area contributed by atoms with Crippen LogP contribution in [0.15, 0.2) is 34.9 Å². The van der Waals surface area contributed by atoms with E-state index in [0.717, 1.165) is 5.56 Å². The summed E-state index contributed by atoms with van der Waals surface area (Å²) in [6.45, 7) is 0. The summed E-state index contributed by atoms with van der Waals surface area (Å²) in [6, 6.07) is 9.69. The van der Waals surface area contributed by atoms with E-state index < -0.39 is 0 Å². The molecule has 104 valence electrons. The van der Waals surface area contributed by atoms with Gasteiger partial charge in [0.2, 0.25) is 11.7 Å². The number of ketones is 1. The second-order valence-electron chi connectivity index (χ2n) is 4.55. The molecule has 1 aliphatic rings. The van der Waals surface area contributed by atoms with Gasteiger partial charge in [0.15, 0.2) is 5.78 Å². The lowest BCUT2D eigenvalue weighted by molar-refractivity contribution is -0.117. The van der Waals surface area contributed by atoms with Gasteiger partial charge in [-0.2, -0.15) is 16.7 Å². The van der Waals surface area contributed by atoms with Gasteiger partial charge in [0.1, 0.15) is 12.0 Å². The summed E-state index contributed by atoms with van der Waals surface area (Å²) >= 11 is 1.60. The summed E-state index contributed by atoms with van der Waals surface area (Å²) in [4.78, 5) is 16.1. The number of rotatable bonds is 4. The predicted molar refractivity (Wildman–Crippen MR) is 74.7 cm³/mol. The molecule has 1 saturated heterocycles. The van der Waals surface area contributed by atoms with Gasteiger partial charge in [-0.05, 0) is 5.56 Å². The highest BCUT2D eigenvalue weighted by atomic mass is 32.2. The number of methoxy groups -OCH3 is 1. The van der Waals surface area contributed by atoms with E-state index in [2.05, 4.69) is 10.1 Å². The fourth-order valence-electron chi connectivity index (χ4n) is 2.19. The highest BCUT2D eigenvalue weighted by molar-refractivity contribution is 8.00. The van der Waals surface area contributed by atoms with Crippen LogP contribution in [0.5, 0.6) is 0 Å². The molecule has 5 nitrogen and oxygen atoms in total. The molecular weight excluding hydrogens is 276 g/mol. The van der Waals surface area contributed by atoms with Crippen LogP contribution in [-0.2, 0) is 9.53 Å². The van der Waals surface area contributed by atoms with Crippen LogP contribution in [-0.4, -0.2) is 34.5 Å². The van der Waals surface area contributed by atoms with Crippen LogP contribution in [0.1, 0.15) is 29.3 Å². The summed E-state index contributed by atoms with van der Waals surface area (Å²) in [5.41, 5.74) is 0.953. The van der Waals surface area contributed by atoms with E-state index in [1.807, 2.05) is 30.3 Å². The standard InChI is InChI=1S/C14H14N2O3S/c1-18-12(9-5-3-2-4-6-9)13-15-14(19-16-13)10-7-20-8-11(10)17/h2-6,10,12H,7-8H2,1H3. The van der Waals surface area contributed by atoms with Crippen molar-refractivity contribution >= 4 is 17.5 Å². The average molecular weight is 290 g/mol. The van der Waals surface area contributed by atoms with Gasteiger partial charge in [0, 0.05) is 12.9 Å². The van der Waals surface area contributed by atoms with E-state index in [1.165, 1.54) is 0 Å². The molecular formula is C14H14N2O3S. The van der Waals surface area contributed by atoms with Gasteiger partial charge in [0.25, 0.3) is 0 Å². The van der Waals surface area contributed by atoms with Crippen molar-refractivity contribution < 1.29 is 14.1 Å². The maximum absolute atomic E-state index is 11.7. The SMILES string of the molecule is COC(c1ccccc1)c1noc(C2CSCC2=O)n1. The number of carbonyl (C=O) groups excluding carboxylic acids is 1. The molecule has 0 saturated carbocycles. The van der Waals surface area contributed by atoms with Gasteiger partial charge in [-0.1, -0.05) is 35.5 Å². The molecule has 6 heteroatoms. The Kier molecular flexibility index (Phi) is 3.84. The fourth-order valence-corrected chi connectivity index (χ4v) is 3.28. The van der Waals surface area contributed by atoms with E-state index in [0.29, 0.717) is 23.2 Å². The molecule has 1 aromatic heterocycles. The molecule has 2 atom stereocenters. The monoisotopic (exact) mass is 290 g/mol. The van der Waals surface area contributed by atoms with Crippen molar-refractivity contribution in [2.75, 3.05) is 18.6 Å². The van der Waals surface area contributed by atoms with Gasteiger partial charge in [-0.25, -0.2) is 0 Å². The number of hydrogen-bond donors (Lipinski definition) is 0. The maximum Gasteiger partial charge on any atom is 0.238 e.